The highest BCUT2D eigenvalue weighted by Gasteiger charge is 2.30. The van der Waals surface area contributed by atoms with Crippen LogP contribution >= 0.6 is 0 Å². The first-order chi connectivity index (χ1) is 14.0. The molecule has 7 heteroatoms. The second-order valence-corrected chi connectivity index (χ2v) is 7.77. The summed E-state index contributed by atoms with van der Waals surface area (Å²) in [5.41, 5.74) is 3.17. The number of nitriles is 1. The lowest BCUT2D eigenvalue weighted by Crippen LogP contribution is -2.38. The highest BCUT2D eigenvalue weighted by Crippen LogP contribution is 2.35. The average Bonchev–Trinajstić information content (AvgIpc) is 3.45. The van der Waals surface area contributed by atoms with Gasteiger partial charge in [0, 0.05) is 36.2 Å². The van der Waals surface area contributed by atoms with E-state index in [2.05, 4.69) is 28.8 Å². The van der Waals surface area contributed by atoms with Crippen molar-refractivity contribution in [2.75, 3.05) is 18.4 Å². The summed E-state index contributed by atoms with van der Waals surface area (Å²) in [6.45, 7) is 6.80. The third kappa shape index (κ3) is 3.79. The zero-order valence-corrected chi connectivity index (χ0v) is 16.4. The fourth-order valence-corrected chi connectivity index (χ4v) is 3.76. The van der Waals surface area contributed by atoms with Crippen LogP contribution in [0.2, 0.25) is 0 Å². The lowest BCUT2D eigenvalue weighted by molar-refractivity contribution is -0.127. The molecule has 1 fully saturated rings. The Balaban J connectivity index is 1.62. The molecule has 0 aromatic carbocycles. The molecule has 0 bridgehead atoms. The van der Waals surface area contributed by atoms with Crippen LogP contribution in [-0.2, 0) is 9.59 Å². The molecular formula is C22H23N5O2. The maximum Gasteiger partial charge on any atom is 0.250 e. The van der Waals surface area contributed by atoms with Crippen molar-refractivity contribution in [2.45, 2.75) is 26.2 Å². The van der Waals surface area contributed by atoms with E-state index in [1.807, 2.05) is 30.5 Å². The predicted molar refractivity (Wildman–Crippen MR) is 111 cm³/mol. The van der Waals surface area contributed by atoms with E-state index >= 15 is 0 Å². The number of aromatic amines is 1. The Morgan fingerprint density at radius 3 is 2.93 bits per heavy atom. The summed E-state index contributed by atoms with van der Waals surface area (Å²) in [4.78, 5) is 34.0. The van der Waals surface area contributed by atoms with Gasteiger partial charge < -0.3 is 15.2 Å². The molecule has 1 saturated carbocycles. The topological polar surface area (TPSA) is 102 Å². The van der Waals surface area contributed by atoms with Crippen molar-refractivity contribution in [3.8, 4) is 6.07 Å². The smallest absolute Gasteiger partial charge is 0.250 e. The minimum absolute atomic E-state index is 0.0211. The molecule has 1 atom stereocenters. The van der Waals surface area contributed by atoms with E-state index in [4.69, 9.17) is 5.26 Å². The number of H-pyrrole nitrogens is 1. The summed E-state index contributed by atoms with van der Waals surface area (Å²) < 4.78 is 0. The maximum absolute atomic E-state index is 12.5. The van der Waals surface area contributed by atoms with Gasteiger partial charge in [-0.1, -0.05) is 19.6 Å². The number of amides is 2. The van der Waals surface area contributed by atoms with Gasteiger partial charge in [-0.2, -0.15) is 5.26 Å². The van der Waals surface area contributed by atoms with Crippen molar-refractivity contribution in [1.29, 1.82) is 5.26 Å². The first-order valence-corrected chi connectivity index (χ1v) is 9.81. The molecule has 3 heterocycles. The summed E-state index contributed by atoms with van der Waals surface area (Å²) in [5.74, 6) is 0.588. The van der Waals surface area contributed by atoms with E-state index in [9.17, 15) is 9.59 Å². The van der Waals surface area contributed by atoms with Gasteiger partial charge in [0.05, 0.1) is 12.5 Å². The molecule has 2 amide bonds. The minimum Gasteiger partial charge on any atom is -0.346 e. The second-order valence-electron chi connectivity index (χ2n) is 7.77. The van der Waals surface area contributed by atoms with Crippen LogP contribution in [0.15, 0.2) is 36.6 Å². The molecule has 1 aliphatic carbocycles. The summed E-state index contributed by atoms with van der Waals surface area (Å²) in [7, 11) is 0. The standard InChI is InChI=1S/C22H23N5O2/c1-13(5-8-23)22(29)27-10-7-16(14(2)12-27)18-11-19(26-21(28)15-3-4-15)25-20-17(18)6-9-24-20/h6-7,9,11,14-15H,1,3-5,10,12H2,2H3,(H2,24,25,26,28)/t14-/m1/s1. The molecule has 148 valence electrons. The summed E-state index contributed by atoms with van der Waals surface area (Å²) in [5, 5.41) is 12.7. The highest BCUT2D eigenvalue weighted by molar-refractivity contribution is 5.98. The van der Waals surface area contributed by atoms with Crippen LogP contribution in [-0.4, -0.2) is 39.8 Å². The van der Waals surface area contributed by atoms with Crippen molar-refractivity contribution in [3.05, 3.63) is 42.1 Å². The lowest BCUT2D eigenvalue weighted by atomic mass is 9.89. The number of anilines is 1. The van der Waals surface area contributed by atoms with E-state index in [0.29, 0.717) is 24.5 Å². The molecule has 0 saturated heterocycles. The summed E-state index contributed by atoms with van der Waals surface area (Å²) in [6, 6.07) is 5.87. The third-order valence-electron chi connectivity index (χ3n) is 5.48. The van der Waals surface area contributed by atoms with Crippen LogP contribution in [0.5, 0.6) is 0 Å². The Hall–Kier alpha value is -3.40. The van der Waals surface area contributed by atoms with Crippen LogP contribution in [0.1, 0.15) is 31.7 Å². The molecule has 2 aromatic heterocycles. The van der Waals surface area contributed by atoms with Gasteiger partial charge in [0.15, 0.2) is 0 Å². The Kier molecular flexibility index (Phi) is 4.93. The van der Waals surface area contributed by atoms with E-state index in [-0.39, 0.29) is 30.1 Å². The highest BCUT2D eigenvalue weighted by atomic mass is 16.2. The van der Waals surface area contributed by atoms with Crippen molar-refractivity contribution in [3.63, 3.8) is 0 Å². The Labute approximate surface area is 169 Å². The zero-order valence-electron chi connectivity index (χ0n) is 16.4. The monoisotopic (exact) mass is 389 g/mol. The van der Waals surface area contributed by atoms with Crippen molar-refractivity contribution < 1.29 is 9.59 Å². The first kappa shape index (κ1) is 18.9. The van der Waals surface area contributed by atoms with Gasteiger partial charge in [-0.05, 0) is 42.0 Å². The molecule has 7 nitrogen and oxygen atoms in total. The molecule has 4 rings (SSSR count). The molecule has 1 aliphatic heterocycles. The fraction of sp³-hybridized carbons (Fsp3) is 0.364. The van der Waals surface area contributed by atoms with Crippen LogP contribution in [0.4, 0.5) is 5.82 Å². The van der Waals surface area contributed by atoms with Crippen LogP contribution < -0.4 is 5.32 Å². The van der Waals surface area contributed by atoms with E-state index in [0.717, 1.165) is 35.0 Å². The van der Waals surface area contributed by atoms with Crippen LogP contribution in [0.25, 0.3) is 16.6 Å². The zero-order chi connectivity index (χ0) is 20.5. The van der Waals surface area contributed by atoms with E-state index < -0.39 is 0 Å². The summed E-state index contributed by atoms with van der Waals surface area (Å²) in [6.07, 6.45) is 5.79. The molecule has 0 spiro atoms. The lowest BCUT2D eigenvalue weighted by Gasteiger charge is -2.32. The molecule has 2 aromatic rings. The van der Waals surface area contributed by atoms with E-state index in [1.165, 1.54) is 0 Å². The third-order valence-corrected chi connectivity index (χ3v) is 5.48. The molecule has 2 aliphatic rings. The first-order valence-electron chi connectivity index (χ1n) is 9.81. The van der Waals surface area contributed by atoms with E-state index in [1.54, 1.807) is 4.90 Å². The number of carbonyl (C=O) groups excluding carboxylic acids is 2. The molecule has 29 heavy (non-hydrogen) atoms. The number of hydrogen-bond donors (Lipinski definition) is 2. The Morgan fingerprint density at radius 1 is 1.45 bits per heavy atom. The second kappa shape index (κ2) is 7.55. The number of nitrogens with one attached hydrogen (secondary N) is 2. The average molecular weight is 389 g/mol. The Morgan fingerprint density at radius 2 is 2.24 bits per heavy atom. The molecular weight excluding hydrogens is 366 g/mol. The predicted octanol–water partition coefficient (Wildman–Crippen LogP) is 3.24. The minimum atomic E-state index is -0.174. The van der Waals surface area contributed by atoms with Gasteiger partial charge in [0.1, 0.15) is 11.5 Å². The molecule has 0 unspecified atom stereocenters. The largest absolute Gasteiger partial charge is 0.346 e. The van der Waals surface area contributed by atoms with Crippen LogP contribution in [0, 0.1) is 23.2 Å². The molecule has 0 radical (unpaired) electrons. The van der Waals surface area contributed by atoms with Crippen molar-refractivity contribution in [1.82, 2.24) is 14.9 Å². The molecule has 2 N–H and O–H groups in total. The van der Waals surface area contributed by atoms with Gasteiger partial charge >= 0.3 is 0 Å². The van der Waals surface area contributed by atoms with Gasteiger partial charge in [-0.25, -0.2) is 4.98 Å². The number of pyridine rings is 1. The SMILES string of the molecule is C=C(CC#N)C(=O)N1CC=C(c2cc(NC(=O)C3CC3)nc3[nH]ccc23)[C@H](C)C1. The maximum atomic E-state index is 12.5. The number of fused-ring (bicyclic) bond motifs is 1. The number of hydrogen-bond acceptors (Lipinski definition) is 4. The van der Waals surface area contributed by atoms with Gasteiger partial charge in [0.25, 0.3) is 5.91 Å². The normalized spacial score (nSPS) is 18.8. The fourth-order valence-electron chi connectivity index (χ4n) is 3.76. The van der Waals surface area contributed by atoms with Crippen LogP contribution in [0.3, 0.4) is 0 Å². The van der Waals surface area contributed by atoms with Crippen molar-refractivity contribution in [2.24, 2.45) is 11.8 Å². The quantitative estimate of drug-likeness (QED) is 0.766. The Bertz CT molecular complexity index is 1070. The van der Waals surface area contributed by atoms with Gasteiger partial charge in [0.2, 0.25) is 5.91 Å². The number of carbonyl (C=O) groups is 2. The van der Waals surface area contributed by atoms with Gasteiger partial charge in [-0.3, -0.25) is 9.59 Å². The van der Waals surface area contributed by atoms with Crippen molar-refractivity contribution >= 4 is 34.2 Å². The number of aromatic nitrogens is 2. The summed E-state index contributed by atoms with van der Waals surface area (Å²) >= 11 is 0. The van der Waals surface area contributed by atoms with Gasteiger partial charge in [-0.15, -0.1) is 0 Å². The number of nitrogens with zero attached hydrogens (tertiary/aromatic N) is 3. The number of rotatable bonds is 5.